The van der Waals surface area contributed by atoms with E-state index in [1.54, 1.807) is 4.90 Å². The minimum atomic E-state index is -0.824. The number of H-pyrrole nitrogens is 1. The number of hydrogen-bond donors (Lipinski definition) is 3. The van der Waals surface area contributed by atoms with Gasteiger partial charge in [-0.3, -0.25) is 4.79 Å². The monoisotopic (exact) mass is 315 g/mol. The molecule has 0 saturated carbocycles. The first-order valence-electron chi connectivity index (χ1n) is 7.87. The van der Waals surface area contributed by atoms with E-state index in [1.165, 1.54) is 16.5 Å². The van der Waals surface area contributed by atoms with Crippen molar-refractivity contribution >= 4 is 22.9 Å². The van der Waals surface area contributed by atoms with Gasteiger partial charge in [0.05, 0.1) is 5.92 Å². The zero-order valence-electron chi connectivity index (χ0n) is 13.1. The molecule has 1 atom stereocenters. The lowest BCUT2D eigenvalue weighted by Gasteiger charge is -2.16. The van der Waals surface area contributed by atoms with Gasteiger partial charge in [0.1, 0.15) is 0 Å². The van der Waals surface area contributed by atoms with Gasteiger partial charge in [0, 0.05) is 36.7 Å². The number of rotatable bonds is 4. The number of carboxylic acid groups (broad SMARTS) is 1. The molecule has 0 bridgehead atoms. The fraction of sp³-hybridized carbons (Fsp3) is 0.412. The van der Waals surface area contributed by atoms with Crippen molar-refractivity contribution in [2.45, 2.75) is 19.8 Å². The van der Waals surface area contributed by atoms with Crippen LogP contribution >= 0.6 is 0 Å². The first kappa shape index (κ1) is 15.4. The maximum Gasteiger partial charge on any atom is 0.317 e. The Labute approximate surface area is 134 Å². The second kappa shape index (κ2) is 6.32. The lowest BCUT2D eigenvalue weighted by molar-refractivity contribution is -0.141. The van der Waals surface area contributed by atoms with Crippen molar-refractivity contribution in [3.8, 4) is 0 Å². The van der Waals surface area contributed by atoms with Crippen LogP contribution in [0.2, 0.25) is 0 Å². The van der Waals surface area contributed by atoms with Crippen molar-refractivity contribution in [2.24, 2.45) is 5.92 Å². The number of amides is 2. The van der Waals surface area contributed by atoms with Crippen LogP contribution in [0.15, 0.2) is 24.4 Å². The normalized spacial score (nSPS) is 17.6. The van der Waals surface area contributed by atoms with E-state index in [0.717, 1.165) is 11.9 Å². The van der Waals surface area contributed by atoms with Gasteiger partial charge in [-0.25, -0.2) is 4.79 Å². The second-order valence-corrected chi connectivity index (χ2v) is 6.06. The van der Waals surface area contributed by atoms with Crippen LogP contribution in [0.3, 0.4) is 0 Å². The highest BCUT2D eigenvalue weighted by molar-refractivity contribution is 5.86. The number of aromatic nitrogens is 1. The molecule has 3 rings (SSSR count). The van der Waals surface area contributed by atoms with Crippen LogP contribution in [0.1, 0.15) is 17.5 Å². The van der Waals surface area contributed by atoms with E-state index in [1.807, 2.05) is 18.3 Å². The largest absolute Gasteiger partial charge is 0.481 e. The summed E-state index contributed by atoms with van der Waals surface area (Å²) in [6.07, 6.45) is 3.26. The molecule has 122 valence electrons. The summed E-state index contributed by atoms with van der Waals surface area (Å²) in [4.78, 5) is 27.9. The van der Waals surface area contributed by atoms with Gasteiger partial charge in [-0.15, -0.1) is 0 Å². The summed E-state index contributed by atoms with van der Waals surface area (Å²) < 4.78 is 0. The molecule has 0 radical (unpaired) electrons. The first-order chi connectivity index (χ1) is 11.1. The van der Waals surface area contributed by atoms with Crippen LogP contribution < -0.4 is 5.32 Å². The number of nitrogens with zero attached hydrogens (tertiary/aromatic N) is 1. The molecule has 1 aliphatic heterocycles. The molecule has 0 spiro atoms. The van der Waals surface area contributed by atoms with Crippen LogP contribution in [-0.2, 0) is 11.2 Å². The topological polar surface area (TPSA) is 85.4 Å². The average Bonchev–Trinajstić information content (AvgIpc) is 3.15. The Balaban J connectivity index is 1.55. The van der Waals surface area contributed by atoms with Crippen molar-refractivity contribution in [3.63, 3.8) is 0 Å². The summed E-state index contributed by atoms with van der Waals surface area (Å²) in [6, 6.07) is 5.96. The highest BCUT2D eigenvalue weighted by Gasteiger charge is 2.30. The minimum absolute atomic E-state index is 0.176. The molecule has 1 aromatic carbocycles. The van der Waals surface area contributed by atoms with E-state index in [-0.39, 0.29) is 6.03 Å². The average molecular weight is 315 g/mol. The number of aliphatic carboxylic acids is 1. The summed E-state index contributed by atoms with van der Waals surface area (Å²) >= 11 is 0. The molecule has 2 heterocycles. The lowest BCUT2D eigenvalue weighted by Crippen LogP contribution is -2.39. The van der Waals surface area contributed by atoms with Gasteiger partial charge in [-0.1, -0.05) is 12.1 Å². The number of aryl methyl sites for hydroxylation is 1. The van der Waals surface area contributed by atoms with Crippen molar-refractivity contribution in [2.75, 3.05) is 19.6 Å². The summed E-state index contributed by atoms with van der Waals surface area (Å²) in [7, 11) is 0. The van der Waals surface area contributed by atoms with Gasteiger partial charge in [0.25, 0.3) is 0 Å². The summed E-state index contributed by atoms with van der Waals surface area (Å²) in [6.45, 7) is 3.42. The summed E-state index contributed by atoms with van der Waals surface area (Å²) in [5.74, 6) is -1.26. The highest BCUT2D eigenvalue weighted by atomic mass is 16.4. The lowest BCUT2D eigenvalue weighted by atomic mass is 10.1. The Kier molecular flexibility index (Phi) is 4.23. The van der Waals surface area contributed by atoms with Gasteiger partial charge in [-0.05, 0) is 37.0 Å². The van der Waals surface area contributed by atoms with E-state index in [9.17, 15) is 9.59 Å². The Hall–Kier alpha value is -2.50. The smallest absolute Gasteiger partial charge is 0.317 e. The molecule has 1 aromatic heterocycles. The van der Waals surface area contributed by atoms with Crippen LogP contribution in [0.4, 0.5) is 4.79 Å². The molecule has 6 nitrogen and oxygen atoms in total. The zero-order valence-corrected chi connectivity index (χ0v) is 13.1. The number of fused-ring (bicyclic) bond motifs is 1. The summed E-state index contributed by atoms with van der Waals surface area (Å²) in [5.41, 5.74) is 3.51. The molecule has 3 N–H and O–H groups in total. The number of benzene rings is 1. The van der Waals surface area contributed by atoms with Gasteiger partial charge in [0.2, 0.25) is 0 Å². The fourth-order valence-corrected chi connectivity index (χ4v) is 3.21. The molecular weight excluding hydrogens is 294 g/mol. The molecule has 1 fully saturated rings. The van der Waals surface area contributed by atoms with E-state index in [2.05, 4.69) is 23.3 Å². The minimum Gasteiger partial charge on any atom is -0.481 e. The molecule has 1 aliphatic rings. The predicted octanol–water partition coefficient (Wildman–Crippen LogP) is 2.13. The van der Waals surface area contributed by atoms with Gasteiger partial charge >= 0.3 is 12.0 Å². The summed E-state index contributed by atoms with van der Waals surface area (Å²) in [5, 5.41) is 13.1. The van der Waals surface area contributed by atoms with Gasteiger partial charge in [-0.2, -0.15) is 0 Å². The van der Waals surface area contributed by atoms with Gasteiger partial charge < -0.3 is 20.3 Å². The Morgan fingerprint density at radius 2 is 2.26 bits per heavy atom. The van der Waals surface area contributed by atoms with Crippen LogP contribution in [0, 0.1) is 12.8 Å². The van der Waals surface area contributed by atoms with Crippen LogP contribution in [-0.4, -0.2) is 46.6 Å². The number of hydrogen-bond acceptors (Lipinski definition) is 2. The predicted molar refractivity (Wildman–Crippen MR) is 87.5 cm³/mol. The van der Waals surface area contributed by atoms with E-state index in [4.69, 9.17) is 5.11 Å². The Morgan fingerprint density at radius 3 is 3.00 bits per heavy atom. The van der Waals surface area contributed by atoms with E-state index >= 15 is 0 Å². The molecular formula is C17H21N3O3. The number of carbonyl (C=O) groups excluding carboxylic acids is 1. The molecule has 2 aromatic rings. The third kappa shape index (κ3) is 3.16. The van der Waals surface area contributed by atoms with Crippen molar-refractivity contribution in [3.05, 3.63) is 35.5 Å². The standard InChI is InChI=1S/C17H21N3O3/c1-11-3-2-4-14-15(11)12(9-19-14)5-7-18-17(23)20-8-6-13(10-20)16(21)22/h2-4,9,13,19H,5-8,10H2,1H3,(H,18,23)(H,21,22). The molecule has 1 saturated heterocycles. The Bertz CT molecular complexity index is 738. The van der Waals surface area contributed by atoms with Crippen molar-refractivity contribution in [1.29, 1.82) is 0 Å². The second-order valence-electron chi connectivity index (χ2n) is 6.06. The van der Waals surface area contributed by atoms with Crippen LogP contribution in [0.5, 0.6) is 0 Å². The third-order valence-electron chi connectivity index (χ3n) is 4.49. The number of likely N-dealkylation sites (tertiary alicyclic amines) is 1. The van der Waals surface area contributed by atoms with Gasteiger partial charge in [0.15, 0.2) is 0 Å². The van der Waals surface area contributed by atoms with E-state index in [0.29, 0.717) is 26.1 Å². The zero-order chi connectivity index (χ0) is 16.4. The number of carbonyl (C=O) groups is 2. The highest BCUT2D eigenvalue weighted by Crippen LogP contribution is 2.22. The molecule has 23 heavy (non-hydrogen) atoms. The maximum absolute atomic E-state index is 12.1. The van der Waals surface area contributed by atoms with Crippen LogP contribution in [0.25, 0.3) is 10.9 Å². The third-order valence-corrected chi connectivity index (χ3v) is 4.49. The fourth-order valence-electron chi connectivity index (χ4n) is 3.21. The van der Waals surface area contributed by atoms with Crippen molar-refractivity contribution in [1.82, 2.24) is 15.2 Å². The number of nitrogens with one attached hydrogen (secondary N) is 2. The number of aromatic amines is 1. The molecule has 0 aliphatic carbocycles. The SMILES string of the molecule is Cc1cccc2[nH]cc(CCNC(=O)N3CCC(C(=O)O)C3)c12. The maximum atomic E-state index is 12.1. The Morgan fingerprint density at radius 1 is 1.43 bits per heavy atom. The molecule has 2 amide bonds. The quantitative estimate of drug-likeness (QED) is 0.808. The molecule has 6 heteroatoms. The van der Waals surface area contributed by atoms with E-state index < -0.39 is 11.9 Å². The molecule has 1 unspecified atom stereocenters. The number of carboxylic acids is 1. The first-order valence-corrected chi connectivity index (χ1v) is 7.87. The number of urea groups is 1. The van der Waals surface area contributed by atoms with Crippen molar-refractivity contribution < 1.29 is 14.7 Å².